The molecule has 0 aliphatic carbocycles. The molecule has 4 amide bonds. The lowest BCUT2D eigenvalue weighted by Crippen LogP contribution is -2.55. The number of benzene rings is 1. The van der Waals surface area contributed by atoms with E-state index < -0.39 is 12.1 Å². The summed E-state index contributed by atoms with van der Waals surface area (Å²) in [5.74, 6) is -0.413. The van der Waals surface area contributed by atoms with Gasteiger partial charge in [0.25, 0.3) is 0 Å². The molecule has 0 aromatic heterocycles. The molecule has 1 aromatic carbocycles. The smallest absolute Gasteiger partial charge is 0.325 e. The van der Waals surface area contributed by atoms with E-state index in [0.29, 0.717) is 6.54 Å². The van der Waals surface area contributed by atoms with Crippen molar-refractivity contribution in [1.82, 2.24) is 15.1 Å². The Morgan fingerprint density at radius 2 is 1.95 bits per heavy atom. The van der Waals surface area contributed by atoms with Crippen LogP contribution >= 0.6 is 0 Å². The molecule has 1 aromatic rings. The highest BCUT2D eigenvalue weighted by molar-refractivity contribution is 5.99. The Labute approximate surface area is 116 Å². The van der Waals surface area contributed by atoms with Crippen molar-refractivity contribution in [2.24, 2.45) is 0 Å². The number of hydrogen-bond donors (Lipinski definition) is 1. The zero-order valence-corrected chi connectivity index (χ0v) is 11.1. The number of nitrogens with zero attached hydrogens (tertiary/aromatic N) is 2. The summed E-state index contributed by atoms with van der Waals surface area (Å²) in [7, 11) is 1.72. The van der Waals surface area contributed by atoms with Crippen LogP contribution in [0.4, 0.5) is 4.79 Å². The second kappa shape index (κ2) is 4.63. The van der Waals surface area contributed by atoms with Crippen LogP contribution in [0.3, 0.4) is 0 Å². The Hall–Kier alpha value is -2.37. The topological polar surface area (TPSA) is 69.7 Å². The number of amides is 4. The summed E-state index contributed by atoms with van der Waals surface area (Å²) in [6.45, 7) is 0.809. The van der Waals surface area contributed by atoms with Crippen LogP contribution in [0.25, 0.3) is 0 Å². The predicted octanol–water partition coefficient (Wildman–Crippen LogP) is 0.642. The Kier molecular flexibility index (Phi) is 2.93. The van der Waals surface area contributed by atoms with Crippen molar-refractivity contribution in [2.45, 2.75) is 19.0 Å². The molecule has 1 atom stereocenters. The summed E-state index contributed by atoms with van der Waals surface area (Å²) in [6, 6.07) is 6.46. The SMILES string of the molecule is CN1Cc2ccccc2C(N2CCC(=O)NC2=O)C1=O. The zero-order chi connectivity index (χ0) is 14.3. The summed E-state index contributed by atoms with van der Waals surface area (Å²) in [6.07, 6.45) is 0.224. The molecule has 1 N–H and O–H groups in total. The van der Waals surface area contributed by atoms with Crippen LogP contribution in [0.1, 0.15) is 23.6 Å². The van der Waals surface area contributed by atoms with Gasteiger partial charge in [-0.25, -0.2) is 4.79 Å². The molecule has 1 fully saturated rings. The fraction of sp³-hybridized carbons (Fsp3) is 0.357. The van der Waals surface area contributed by atoms with E-state index >= 15 is 0 Å². The lowest BCUT2D eigenvalue weighted by Gasteiger charge is -2.39. The van der Waals surface area contributed by atoms with Gasteiger partial charge in [-0.2, -0.15) is 0 Å². The van der Waals surface area contributed by atoms with Crippen molar-refractivity contribution in [3.63, 3.8) is 0 Å². The summed E-state index contributed by atoms with van der Waals surface area (Å²) in [5.41, 5.74) is 1.88. The van der Waals surface area contributed by atoms with Crippen molar-refractivity contribution in [3.05, 3.63) is 35.4 Å². The highest BCUT2D eigenvalue weighted by Gasteiger charge is 2.39. The average Bonchev–Trinajstić information content (AvgIpc) is 2.42. The number of carbonyl (C=O) groups excluding carboxylic acids is 3. The van der Waals surface area contributed by atoms with Gasteiger partial charge in [0, 0.05) is 26.6 Å². The summed E-state index contributed by atoms with van der Waals surface area (Å²) < 4.78 is 0. The maximum absolute atomic E-state index is 12.4. The molecule has 1 unspecified atom stereocenters. The third-order valence-electron chi connectivity index (χ3n) is 3.77. The summed E-state index contributed by atoms with van der Waals surface area (Å²) in [4.78, 5) is 38.7. The van der Waals surface area contributed by atoms with Crippen molar-refractivity contribution < 1.29 is 14.4 Å². The van der Waals surface area contributed by atoms with Crippen molar-refractivity contribution in [2.75, 3.05) is 13.6 Å². The molecule has 6 nitrogen and oxygen atoms in total. The van der Waals surface area contributed by atoms with Gasteiger partial charge in [-0.05, 0) is 11.1 Å². The van der Waals surface area contributed by atoms with E-state index in [1.807, 2.05) is 24.3 Å². The van der Waals surface area contributed by atoms with Crippen LogP contribution in [0, 0.1) is 0 Å². The Balaban J connectivity index is 2.01. The normalized spacial score (nSPS) is 22.6. The maximum atomic E-state index is 12.4. The van der Waals surface area contributed by atoms with Gasteiger partial charge in [-0.15, -0.1) is 0 Å². The van der Waals surface area contributed by atoms with Gasteiger partial charge in [0.2, 0.25) is 11.8 Å². The number of carbonyl (C=O) groups is 3. The maximum Gasteiger partial charge on any atom is 0.325 e. The van der Waals surface area contributed by atoms with Crippen LogP contribution in [0.2, 0.25) is 0 Å². The first-order chi connectivity index (χ1) is 9.58. The standard InChI is InChI=1S/C14H15N3O3/c1-16-8-9-4-2-3-5-10(9)12(13(16)19)17-7-6-11(18)15-14(17)20/h2-5,12H,6-8H2,1H3,(H,15,18,20). The number of imide groups is 1. The largest absolute Gasteiger partial charge is 0.339 e. The van der Waals surface area contributed by atoms with E-state index in [9.17, 15) is 14.4 Å². The lowest BCUT2D eigenvalue weighted by molar-refractivity contribution is -0.138. The fourth-order valence-electron chi connectivity index (χ4n) is 2.74. The molecule has 3 rings (SSSR count). The van der Waals surface area contributed by atoms with Crippen molar-refractivity contribution >= 4 is 17.8 Å². The molecule has 2 aliphatic rings. The highest BCUT2D eigenvalue weighted by atomic mass is 16.2. The van der Waals surface area contributed by atoms with Gasteiger partial charge in [-0.1, -0.05) is 24.3 Å². The minimum absolute atomic E-state index is 0.117. The minimum Gasteiger partial charge on any atom is -0.339 e. The zero-order valence-electron chi connectivity index (χ0n) is 11.1. The molecule has 0 saturated carbocycles. The molecular weight excluding hydrogens is 258 g/mol. The van der Waals surface area contributed by atoms with Gasteiger partial charge in [0.1, 0.15) is 6.04 Å². The molecule has 0 bridgehead atoms. The number of rotatable bonds is 1. The van der Waals surface area contributed by atoms with Crippen LogP contribution < -0.4 is 5.32 Å². The molecule has 6 heteroatoms. The quantitative estimate of drug-likeness (QED) is 0.816. The van der Waals surface area contributed by atoms with Crippen LogP contribution in [0.15, 0.2) is 24.3 Å². The molecule has 2 heterocycles. The molecular formula is C14H15N3O3. The number of urea groups is 1. The first kappa shape index (κ1) is 12.7. The monoisotopic (exact) mass is 273 g/mol. The molecule has 0 radical (unpaired) electrons. The first-order valence-electron chi connectivity index (χ1n) is 6.51. The van der Waals surface area contributed by atoms with Gasteiger partial charge in [0.05, 0.1) is 0 Å². The summed E-state index contributed by atoms with van der Waals surface area (Å²) in [5, 5.41) is 2.27. The second-order valence-corrected chi connectivity index (χ2v) is 5.09. The van der Waals surface area contributed by atoms with Gasteiger partial charge >= 0.3 is 6.03 Å². The highest BCUT2D eigenvalue weighted by Crippen LogP contribution is 2.32. The Morgan fingerprint density at radius 3 is 2.70 bits per heavy atom. The Bertz CT molecular complexity index is 599. The van der Waals surface area contributed by atoms with E-state index in [4.69, 9.17) is 0 Å². The van der Waals surface area contributed by atoms with E-state index in [0.717, 1.165) is 11.1 Å². The number of nitrogens with one attached hydrogen (secondary N) is 1. The Morgan fingerprint density at radius 1 is 1.20 bits per heavy atom. The van der Waals surface area contributed by atoms with Crippen LogP contribution in [0.5, 0.6) is 0 Å². The number of likely N-dealkylation sites (N-methyl/N-ethyl adjacent to an activating group) is 1. The number of hydrogen-bond acceptors (Lipinski definition) is 3. The molecule has 104 valence electrons. The van der Waals surface area contributed by atoms with E-state index in [2.05, 4.69) is 5.32 Å². The van der Waals surface area contributed by atoms with Crippen molar-refractivity contribution in [3.8, 4) is 0 Å². The van der Waals surface area contributed by atoms with Crippen molar-refractivity contribution in [1.29, 1.82) is 0 Å². The van der Waals surface area contributed by atoms with E-state index in [1.165, 1.54) is 4.90 Å². The molecule has 2 aliphatic heterocycles. The molecule has 20 heavy (non-hydrogen) atoms. The van der Waals surface area contributed by atoms with Gasteiger partial charge in [-0.3, -0.25) is 14.9 Å². The van der Waals surface area contributed by atoms with E-state index in [-0.39, 0.29) is 24.8 Å². The summed E-state index contributed by atoms with van der Waals surface area (Å²) >= 11 is 0. The fourth-order valence-corrected chi connectivity index (χ4v) is 2.74. The van der Waals surface area contributed by atoms with E-state index in [1.54, 1.807) is 11.9 Å². The first-order valence-corrected chi connectivity index (χ1v) is 6.51. The third kappa shape index (κ3) is 1.93. The number of fused-ring (bicyclic) bond motifs is 1. The minimum atomic E-state index is -0.641. The third-order valence-corrected chi connectivity index (χ3v) is 3.77. The molecule has 0 spiro atoms. The second-order valence-electron chi connectivity index (χ2n) is 5.09. The van der Waals surface area contributed by atoms with Gasteiger partial charge < -0.3 is 9.80 Å². The van der Waals surface area contributed by atoms with Crippen LogP contribution in [-0.2, 0) is 16.1 Å². The molecule has 1 saturated heterocycles. The average molecular weight is 273 g/mol. The predicted molar refractivity (Wildman–Crippen MR) is 70.5 cm³/mol. The van der Waals surface area contributed by atoms with Gasteiger partial charge in [0.15, 0.2) is 0 Å². The lowest BCUT2D eigenvalue weighted by atomic mass is 9.93. The van der Waals surface area contributed by atoms with Crippen LogP contribution in [-0.4, -0.2) is 41.2 Å².